The van der Waals surface area contributed by atoms with Crippen LogP contribution in [-0.4, -0.2) is 28.2 Å². The summed E-state index contributed by atoms with van der Waals surface area (Å²) < 4.78 is 9.85. The fraction of sp³-hybridized carbons (Fsp3) is 0.172. The standard InChI is InChI=1S/C29H34N4P.HI/c1-25-17-15-16-24-29(25)33(5)34(30(2)26-18-9-6-10-19-26,31(3)27-20-11-7-12-21-27)32(4)28-22-13-8-14-23-28;/h6-24H,1-5H3;1H/q+1;/p-1. The molecule has 4 rings (SSSR count). The average molecular weight is 596 g/mol. The number of benzene rings is 4. The van der Waals surface area contributed by atoms with Crippen LogP contribution in [0.2, 0.25) is 0 Å². The summed E-state index contributed by atoms with van der Waals surface area (Å²) in [6.45, 7) is 2.19. The lowest BCUT2D eigenvalue weighted by Crippen LogP contribution is -3.00. The molecular formula is C29H34IN4P. The van der Waals surface area contributed by atoms with Gasteiger partial charge in [-0.2, -0.15) is 18.7 Å². The van der Waals surface area contributed by atoms with Crippen molar-refractivity contribution in [1.82, 2.24) is 0 Å². The van der Waals surface area contributed by atoms with Gasteiger partial charge in [0, 0.05) is 28.2 Å². The normalized spacial score (nSPS) is 10.8. The molecule has 0 aromatic heterocycles. The molecule has 0 saturated carbocycles. The summed E-state index contributed by atoms with van der Waals surface area (Å²) in [6.07, 6.45) is 0. The van der Waals surface area contributed by atoms with Crippen molar-refractivity contribution in [2.45, 2.75) is 6.92 Å². The number of para-hydroxylation sites is 4. The van der Waals surface area contributed by atoms with Crippen molar-refractivity contribution in [2.24, 2.45) is 0 Å². The zero-order valence-corrected chi connectivity index (χ0v) is 24.1. The number of halogens is 1. The third-order valence-electron chi connectivity index (χ3n) is 6.46. The maximum absolute atomic E-state index is 2.48. The molecule has 0 spiro atoms. The van der Waals surface area contributed by atoms with Crippen LogP contribution in [0.25, 0.3) is 0 Å². The lowest BCUT2D eigenvalue weighted by molar-refractivity contribution is -0.00000683. The predicted octanol–water partition coefficient (Wildman–Crippen LogP) is 4.52. The molecular weight excluding hydrogens is 562 g/mol. The molecule has 0 aliphatic rings. The molecule has 0 radical (unpaired) electrons. The van der Waals surface area contributed by atoms with Crippen LogP contribution < -0.4 is 42.7 Å². The van der Waals surface area contributed by atoms with E-state index in [2.05, 4.69) is 169 Å². The predicted molar refractivity (Wildman–Crippen MR) is 151 cm³/mol. The minimum atomic E-state index is -2.44. The Kier molecular flexibility index (Phi) is 9.03. The summed E-state index contributed by atoms with van der Waals surface area (Å²) in [4.78, 5) is 0. The van der Waals surface area contributed by atoms with E-state index in [1.807, 2.05) is 0 Å². The SMILES string of the molecule is Cc1ccccc1N(C)[P+](N(C)c1ccccc1)(N(C)c1ccccc1)N(C)c1ccccc1.[I-]. The molecule has 4 nitrogen and oxygen atoms in total. The Bertz CT molecular complexity index is 1080. The van der Waals surface area contributed by atoms with E-state index in [0.29, 0.717) is 0 Å². The smallest absolute Gasteiger partial charge is 0.404 e. The van der Waals surface area contributed by atoms with Crippen molar-refractivity contribution in [1.29, 1.82) is 0 Å². The van der Waals surface area contributed by atoms with E-state index in [9.17, 15) is 0 Å². The van der Waals surface area contributed by atoms with Gasteiger partial charge in [0.2, 0.25) is 0 Å². The molecule has 182 valence electrons. The van der Waals surface area contributed by atoms with Gasteiger partial charge in [-0.05, 0) is 55.0 Å². The minimum Gasteiger partial charge on any atom is -1.00 e. The number of hydrogen-bond donors (Lipinski definition) is 0. The first-order valence-electron chi connectivity index (χ1n) is 11.5. The van der Waals surface area contributed by atoms with Gasteiger partial charge >= 0.3 is 7.87 Å². The van der Waals surface area contributed by atoms with Crippen LogP contribution in [0.1, 0.15) is 5.56 Å². The van der Waals surface area contributed by atoms with Gasteiger partial charge in [-0.1, -0.05) is 72.8 Å². The van der Waals surface area contributed by atoms with Crippen LogP contribution in [0.4, 0.5) is 22.7 Å². The number of rotatable bonds is 8. The minimum absolute atomic E-state index is 0. The summed E-state index contributed by atoms with van der Waals surface area (Å²) in [5.74, 6) is 0. The molecule has 0 heterocycles. The molecule has 0 aliphatic heterocycles. The zero-order chi connectivity index (χ0) is 24.1. The summed E-state index contributed by atoms with van der Waals surface area (Å²) in [5.41, 5.74) is 5.97. The Balaban J connectivity index is 0.00000342. The topological polar surface area (TPSA) is 13.0 Å². The van der Waals surface area contributed by atoms with Gasteiger partial charge in [0.15, 0.2) is 0 Å². The molecule has 6 heteroatoms. The van der Waals surface area contributed by atoms with E-state index in [1.54, 1.807) is 0 Å². The molecule has 0 unspecified atom stereocenters. The molecule has 4 aromatic carbocycles. The molecule has 0 N–H and O–H groups in total. The third kappa shape index (κ3) is 5.12. The van der Waals surface area contributed by atoms with Crippen molar-refractivity contribution in [3.05, 3.63) is 121 Å². The van der Waals surface area contributed by atoms with Gasteiger partial charge in [0.05, 0.1) is 22.7 Å². The highest BCUT2D eigenvalue weighted by Gasteiger charge is 2.59. The van der Waals surface area contributed by atoms with E-state index in [1.165, 1.54) is 28.3 Å². The Morgan fingerprint density at radius 1 is 0.429 bits per heavy atom. The maximum atomic E-state index is 2.48. The van der Waals surface area contributed by atoms with E-state index in [0.717, 1.165) is 0 Å². The first kappa shape index (κ1) is 26.8. The molecule has 4 aromatic rings. The maximum Gasteiger partial charge on any atom is 0.404 e. The number of aryl methyl sites for hydroxylation is 1. The van der Waals surface area contributed by atoms with Crippen LogP contribution in [0.5, 0.6) is 0 Å². The Morgan fingerprint density at radius 2 is 0.743 bits per heavy atom. The second-order valence-electron chi connectivity index (χ2n) is 8.42. The fourth-order valence-corrected chi connectivity index (χ4v) is 8.93. The molecule has 0 aliphatic carbocycles. The van der Waals surface area contributed by atoms with E-state index >= 15 is 0 Å². The summed E-state index contributed by atoms with van der Waals surface area (Å²) >= 11 is 0. The first-order chi connectivity index (χ1) is 16.5. The quantitative estimate of drug-likeness (QED) is 0.219. The summed E-state index contributed by atoms with van der Waals surface area (Å²) in [6, 6.07) is 40.7. The van der Waals surface area contributed by atoms with E-state index in [-0.39, 0.29) is 24.0 Å². The fourth-order valence-electron chi connectivity index (χ4n) is 4.67. The molecule has 0 bridgehead atoms. The second kappa shape index (κ2) is 11.8. The Labute approximate surface area is 228 Å². The molecule has 0 saturated heterocycles. The van der Waals surface area contributed by atoms with Crippen molar-refractivity contribution < 1.29 is 24.0 Å². The average Bonchev–Trinajstić information content (AvgIpc) is 2.90. The lowest BCUT2D eigenvalue weighted by Gasteiger charge is -2.49. The van der Waals surface area contributed by atoms with Gasteiger partial charge < -0.3 is 24.0 Å². The monoisotopic (exact) mass is 596 g/mol. The zero-order valence-electron chi connectivity index (χ0n) is 21.1. The highest BCUT2D eigenvalue weighted by molar-refractivity contribution is 7.81. The third-order valence-corrected chi connectivity index (χ3v) is 10.6. The van der Waals surface area contributed by atoms with Crippen molar-refractivity contribution in [2.75, 3.05) is 46.9 Å². The second-order valence-corrected chi connectivity index (χ2v) is 11.9. The molecule has 0 fully saturated rings. The van der Waals surface area contributed by atoms with Crippen LogP contribution in [-0.2, 0) is 0 Å². The van der Waals surface area contributed by atoms with Gasteiger partial charge in [-0.3, -0.25) is 0 Å². The van der Waals surface area contributed by atoms with Crippen molar-refractivity contribution >= 4 is 30.6 Å². The first-order valence-corrected chi connectivity index (χ1v) is 13.1. The Hall–Kier alpha value is -2.76. The Morgan fingerprint density at radius 3 is 1.09 bits per heavy atom. The molecule has 0 amide bonds. The lowest BCUT2D eigenvalue weighted by atomic mass is 10.2. The van der Waals surface area contributed by atoms with Gasteiger partial charge in [0.1, 0.15) is 0 Å². The van der Waals surface area contributed by atoms with Gasteiger partial charge in [-0.15, -0.1) is 0 Å². The largest absolute Gasteiger partial charge is 1.00 e. The highest BCUT2D eigenvalue weighted by atomic mass is 127. The highest BCUT2D eigenvalue weighted by Crippen LogP contribution is 2.71. The van der Waals surface area contributed by atoms with Crippen LogP contribution in [0.3, 0.4) is 0 Å². The summed E-state index contributed by atoms with van der Waals surface area (Å²) in [7, 11) is 6.45. The van der Waals surface area contributed by atoms with E-state index < -0.39 is 7.87 Å². The van der Waals surface area contributed by atoms with Crippen LogP contribution in [0, 0.1) is 6.92 Å². The van der Waals surface area contributed by atoms with Crippen LogP contribution >= 0.6 is 7.87 Å². The van der Waals surface area contributed by atoms with Gasteiger partial charge in [0.25, 0.3) is 0 Å². The molecule has 0 atom stereocenters. The van der Waals surface area contributed by atoms with Crippen LogP contribution in [0.15, 0.2) is 115 Å². The molecule has 35 heavy (non-hydrogen) atoms. The van der Waals surface area contributed by atoms with Gasteiger partial charge in [-0.25, -0.2) is 0 Å². The number of nitrogens with zero attached hydrogens (tertiary/aromatic N) is 4. The van der Waals surface area contributed by atoms with Crippen molar-refractivity contribution in [3.8, 4) is 0 Å². The van der Waals surface area contributed by atoms with Crippen molar-refractivity contribution in [3.63, 3.8) is 0 Å². The van der Waals surface area contributed by atoms with E-state index in [4.69, 9.17) is 0 Å². The number of anilines is 4. The summed E-state index contributed by atoms with van der Waals surface area (Å²) in [5, 5.41) is 0. The number of hydrogen-bond acceptors (Lipinski definition) is 4.